The standard InChI is InChI=1S/C26H25Cl2N5O5S/c1-4-32(30(2)3)26(36)18-5-8-24(29-15-18)31-10-9-17-11-21(6-7-23(17)31)33(16-25(34)35)39(37,38)22-13-19(27)12-20(28)14-22/h5-15H,4,16H2,1-3H3,(H,34,35). The van der Waals surface area contributed by atoms with Gasteiger partial charge in [-0.1, -0.05) is 23.2 Å². The number of carbonyl (C=O) groups excluding carboxylic acids is 1. The lowest BCUT2D eigenvalue weighted by molar-refractivity contribution is -0.135. The smallest absolute Gasteiger partial charge is 0.324 e. The fraction of sp³-hybridized carbons (Fsp3) is 0.192. The van der Waals surface area contributed by atoms with Gasteiger partial charge in [-0.2, -0.15) is 0 Å². The van der Waals surface area contributed by atoms with Gasteiger partial charge in [-0.25, -0.2) is 18.4 Å². The van der Waals surface area contributed by atoms with Gasteiger partial charge in [0.25, 0.3) is 15.9 Å². The lowest BCUT2D eigenvalue weighted by atomic mass is 10.2. The van der Waals surface area contributed by atoms with Crippen LogP contribution in [0, 0.1) is 0 Å². The van der Waals surface area contributed by atoms with E-state index in [4.69, 9.17) is 23.2 Å². The second-order valence-corrected chi connectivity index (χ2v) is 11.4. The van der Waals surface area contributed by atoms with Gasteiger partial charge in [0.1, 0.15) is 12.4 Å². The highest BCUT2D eigenvalue weighted by Crippen LogP contribution is 2.31. The SMILES string of the molecule is CCN(C(=O)c1ccc(-n2ccc3cc(N(CC(=O)O)S(=O)(=O)c4cc(Cl)cc(Cl)c4)ccc32)nc1)N(C)C. The van der Waals surface area contributed by atoms with Gasteiger partial charge >= 0.3 is 5.97 Å². The van der Waals surface area contributed by atoms with Crippen LogP contribution >= 0.6 is 23.2 Å². The molecule has 2 heterocycles. The summed E-state index contributed by atoms with van der Waals surface area (Å²) in [7, 11) is -0.735. The third-order valence-corrected chi connectivity index (χ3v) is 8.11. The summed E-state index contributed by atoms with van der Waals surface area (Å²) in [6.07, 6.45) is 3.25. The molecule has 1 N–H and O–H groups in total. The van der Waals surface area contributed by atoms with Crippen LogP contribution < -0.4 is 4.31 Å². The Morgan fingerprint density at radius 1 is 1.00 bits per heavy atom. The molecular weight excluding hydrogens is 565 g/mol. The maximum absolute atomic E-state index is 13.4. The summed E-state index contributed by atoms with van der Waals surface area (Å²) in [6.45, 7) is 1.58. The first-order valence-electron chi connectivity index (χ1n) is 11.7. The molecule has 0 aliphatic carbocycles. The van der Waals surface area contributed by atoms with E-state index in [0.717, 1.165) is 4.31 Å². The molecule has 0 atom stereocenters. The highest BCUT2D eigenvalue weighted by Gasteiger charge is 2.28. The number of aromatic nitrogens is 2. The zero-order chi connectivity index (χ0) is 28.5. The molecule has 0 spiro atoms. The Morgan fingerprint density at radius 3 is 2.26 bits per heavy atom. The summed E-state index contributed by atoms with van der Waals surface area (Å²) < 4.78 is 29.4. The molecule has 0 saturated carbocycles. The molecule has 4 rings (SSSR count). The minimum atomic E-state index is -4.31. The largest absolute Gasteiger partial charge is 0.480 e. The van der Waals surface area contributed by atoms with Gasteiger partial charge in [0.15, 0.2) is 0 Å². The highest BCUT2D eigenvalue weighted by molar-refractivity contribution is 7.92. The van der Waals surface area contributed by atoms with Crippen LogP contribution in [0.1, 0.15) is 17.3 Å². The van der Waals surface area contributed by atoms with Gasteiger partial charge in [-0.3, -0.25) is 18.9 Å². The fourth-order valence-electron chi connectivity index (χ4n) is 4.14. The fourth-order valence-corrected chi connectivity index (χ4v) is 6.27. The number of fused-ring (bicyclic) bond motifs is 1. The molecule has 0 radical (unpaired) electrons. The number of sulfonamides is 1. The first kappa shape index (κ1) is 28.4. The number of carboxylic acid groups (broad SMARTS) is 1. The Hall–Kier alpha value is -3.64. The number of carboxylic acids is 1. The van der Waals surface area contributed by atoms with Gasteiger partial charge in [0.2, 0.25) is 0 Å². The van der Waals surface area contributed by atoms with Crippen LogP contribution in [0.5, 0.6) is 0 Å². The number of carbonyl (C=O) groups is 2. The Bertz CT molecular complexity index is 1640. The van der Waals surface area contributed by atoms with E-state index >= 15 is 0 Å². The maximum atomic E-state index is 13.4. The highest BCUT2D eigenvalue weighted by atomic mass is 35.5. The molecule has 4 aromatic rings. The van der Waals surface area contributed by atoms with E-state index in [2.05, 4.69) is 4.98 Å². The van der Waals surface area contributed by atoms with E-state index in [-0.39, 0.29) is 26.5 Å². The molecule has 10 nitrogen and oxygen atoms in total. The van der Waals surface area contributed by atoms with Crippen LogP contribution in [-0.4, -0.2) is 72.2 Å². The van der Waals surface area contributed by atoms with Crippen LogP contribution in [0.4, 0.5) is 5.69 Å². The van der Waals surface area contributed by atoms with Gasteiger partial charge in [0.05, 0.1) is 21.7 Å². The Labute approximate surface area is 235 Å². The van der Waals surface area contributed by atoms with E-state index in [1.54, 1.807) is 65.2 Å². The van der Waals surface area contributed by atoms with Gasteiger partial charge in [0, 0.05) is 48.5 Å². The lowest BCUT2D eigenvalue weighted by Gasteiger charge is -2.27. The van der Waals surface area contributed by atoms with Gasteiger partial charge in [-0.15, -0.1) is 0 Å². The molecule has 0 aliphatic rings. The number of rotatable bonds is 9. The zero-order valence-corrected chi connectivity index (χ0v) is 23.6. The third-order valence-electron chi connectivity index (χ3n) is 5.92. The number of hydrogen-bond acceptors (Lipinski definition) is 6. The van der Waals surface area contributed by atoms with Crippen LogP contribution in [0.15, 0.2) is 71.9 Å². The minimum absolute atomic E-state index is 0.105. The lowest BCUT2D eigenvalue weighted by Crippen LogP contribution is -2.41. The van der Waals surface area contributed by atoms with Crippen molar-refractivity contribution in [2.75, 3.05) is 31.5 Å². The predicted octanol–water partition coefficient (Wildman–Crippen LogP) is 4.55. The predicted molar refractivity (Wildman–Crippen MR) is 150 cm³/mol. The summed E-state index contributed by atoms with van der Waals surface area (Å²) in [4.78, 5) is 28.6. The topological polar surface area (TPSA) is 116 Å². The summed E-state index contributed by atoms with van der Waals surface area (Å²) in [5.74, 6) is -0.964. The molecule has 13 heteroatoms. The monoisotopic (exact) mass is 589 g/mol. The van der Waals surface area contributed by atoms with Crippen LogP contribution in [-0.2, 0) is 14.8 Å². The van der Waals surface area contributed by atoms with Crippen molar-refractivity contribution in [3.63, 3.8) is 0 Å². The number of anilines is 1. The van der Waals surface area contributed by atoms with E-state index in [9.17, 15) is 23.1 Å². The van der Waals surface area contributed by atoms with Gasteiger partial charge in [-0.05, 0) is 61.5 Å². The Kier molecular flexibility index (Phi) is 8.17. The summed E-state index contributed by atoms with van der Waals surface area (Å²) in [5.41, 5.74) is 1.28. The number of hydrogen-bond donors (Lipinski definition) is 1. The van der Waals surface area contributed by atoms with Gasteiger partial charge < -0.3 is 9.67 Å². The van der Waals surface area contributed by atoms with Crippen molar-refractivity contribution in [2.24, 2.45) is 0 Å². The average molecular weight is 590 g/mol. The zero-order valence-electron chi connectivity index (χ0n) is 21.2. The van der Waals surface area contributed by atoms with E-state index in [1.165, 1.54) is 30.5 Å². The quantitative estimate of drug-likeness (QED) is 0.285. The number of benzene rings is 2. The number of pyridine rings is 1. The van der Waals surface area contributed by atoms with Crippen molar-refractivity contribution in [2.45, 2.75) is 11.8 Å². The molecule has 1 amide bonds. The van der Waals surface area contributed by atoms with Crippen molar-refractivity contribution >= 4 is 61.7 Å². The Morgan fingerprint density at radius 2 is 1.69 bits per heavy atom. The van der Waals surface area contributed by atoms with Crippen molar-refractivity contribution in [1.82, 2.24) is 19.6 Å². The second-order valence-electron chi connectivity index (χ2n) is 8.71. The number of aliphatic carboxylic acids is 1. The van der Waals surface area contributed by atoms with Crippen molar-refractivity contribution in [1.29, 1.82) is 0 Å². The number of halogens is 2. The molecule has 0 aliphatic heterocycles. The van der Waals surface area contributed by atoms with Crippen LogP contribution in [0.2, 0.25) is 10.0 Å². The molecule has 39 heavy (non-hydrogen) atoms. The number of amides is 1. The molecular formula is C26H25Cl2N5O5S. The normalized spacial score (nSPS) is 11.6. The molecule has 2 aromatic heterocycles. The molecule has 204 valence electrons. The molecule has 2 aromatic carbocycles. The summed E-state index contributed by atoms with van der Waals surface area (Å²) in [5, 5.41) is 13.6. The van der Waals surface area contributed by atoms with E-state index in [1.807, 2.05) is 6.92 Å². The molecule has 0 saturated heterocycles. The minimum Gasteiger partial charge on any atom is -0.480 e. The summed E-state index contributed by atoms with van der Waals surface area (Å²) in [6, 6.07) is 13.7. The van der Waals surface area contributed by atoms with E-state index < -0.39 is 22.5 Å². The molecule has 0 bridgehead atoms. The summed E-state index contributed by atoms with van der Waals surface area (Å²) >= 11 is 12.0. The molecule has 0 fully saturated rings. The first-order chi connectivity index (χ1) is 18.4. The number of hydrazine groups is 1. The van der Waals surface area contributed by atoms with Crippen molar-refractivity contribution in [3.8, 4) is 5.82 Å². The van der Waals surface area contributed by atoms with Crippen molar-refractivity contribution < 1.29 is 23.1 Å². The van der Waals surface area contributed by atoms with Crippen LogP contribution in [0.3, 0.4) is 0 Å². The Balaban J connectivity index is 1.70. The third kappa shape index (κ3) is 5.86. The average Bonchev–Trinajstić information content (AvgIpc) is 3.30. The van der Waals surface area contributed by atoms with E-state index in [0.29, 0.717) is 28.8 Å². The first-order valence-corrected chi connectivity index (χ1v) is 13.9. The molecule has 0 unspecified atom stereocenters. The number of nitrogens with zero attached hydrogens (tertiary/aromatic N) is 5. The second kappa shape index (κ2) is 11.2. The maximum Gasteiger partial charge on any atom is 0.324 e. The van der Waals surface area contributed by atoms with Crippen molar-refractivity contribution in [3.05, 3.63) is 82.6 Å². The van der Waals surface area contributed by atoms with Crippen LogP contribution in [0.25, 0.3) is 16.7 Å².